The quantitative estimate of drug-likeness (QED) is 0.827. The lowest BCUT2D eigenvalue weighted by Crippen LogP contribution is -2.26. The van der Waals surface area contributed by atoms with Crippen molar-refractivity contribution in [2.24, 2.45) is 10.8 Å². The maximum absolute atomic E-state index is 11.7. The van der Waals surface area contributed by atoms with Gasteiger partial charge in [0, 0.05) is 12.1 Å². The molecule has 90 valence electrons. The second-order valence-corrected chi connectivity index (χ2v) is 3.73. The topological polar surface area (TPSA) is 67.9 Å². The standard InChI is InChI=1S/C12H15N3O2/c1-17-11-5-3-2-4-9(11)10-8-12(16)15(14-10)7-6-13/h2-5H,6-8,13H2,1H3. The van der Waals surface area contributed by atoms with Gasteiger partial charge in [0.25, 0.3) is 0 Å². The van der Waals surface area contributed by atoms with E-state index in [-0.39, 0.29) is 5.91 Å². The minimum Gasteiger partial charge on any atom is -0.496 e. The van der Waals surface area contributed by atoms with Gasteiger partial charge < -0.3 is 10.5 Å². The Morgan fingerprint density at radius 3 is 2.94 bits per heavy atom. The number of amides is 1. The van der Waals surface area contributed by atoms with Crippen LogP contribution in [0.1, 0.15) is 12.0 Å². The van der Waals surface area contributed by atoms with Crippen molar-refractivity contribution in [2.45, 2.75) is 6.42 Å². The fourth-order valence-corrected chi connectivity index (χ4v) is 1.80. The molecule has 2 N–H and O–H groups in total. The normalized spacial score (nSPS) is 15.1. The van der Waals surface area contributed by atoms with Gasteiger partial charge in [0.1, 0.15) is 5.75 Å². The van der Waals surface area contributed by atoms with Gasteiger partial charge in [-0.05, 0) is 12.1 Å². The van der Waals surface area contributed by atoms with Crippen LogP contribution in [0.15, 0.2) is 29.4 Å². The Kier molecular flexibility index (Phi) is 3.39. The maximum Gasteiger partial charge on any atom is 0.248 e. The van der Waals surface area contributed by atoms with E-state index in [0.29, 0.717) is 19.5 Å². The monoisotopic (exact) mass is 233 g/mol. The maximum atomic E-state index is 11.7. The summed E-state index contributed by atoms with van der Waals surface area (Å²) in [6, 6.07) is 7.54. The van der Waals surface area contributed by atoms with E-state index in [1.54, 1.807) is 7.11 Å². The fourth-order valence-electron chi connectivity index (χ4n) is 1.80. The van der Waals surface area contributed by atoms with Crippen LogP contribution in [-0.2, 0) is 4.79 Å². The number of nitrogens with two attached hydrogens (primary N) is 1. The van der Waals surface area contributed by atoms with Gasteiger partial charge in [0.15, 0.2) is 0 Å². The molecule has 1 aromatic carbocycles. The summed E-state index contributed by atoms with van der Waals surface area (Å²) in [5, 5.41) is 5.70. The Balaban J connectivity index is 2.29. The number of methoxy groups -OCH3 is 1. The first-order valence-corrected chi connectivity index (χ1v) is 5.47. The molecular formula is C12H15N3O2. The Hall–Kier alpha value is -1.88. The van der Waals surface area contributed by atoms with Crippen LogP contribution in [0.4, 0.5) is 0 Å². The third kappa shape index (κ3) is 2.29. The van der Waals surface area contributed by atoms with Crippen molar-refractivity contribution in [3.63, 3.8) is 0 Å². The minimum absolute atomic E-state index is 0.0173. The van der Waals surface area contributed by atoms with E-state index in [1.165, 1.54) is 5.01 Å². The van der Waals surface area contributed by atoms with Crippen LogP contribution in [-0.4, -0.2) is 36.8 Å². The third-order valence-electron chi connectivity index (χ3n) is 2.61. The van der Waals surface area contributed by atoms with Crippen LogP contribution in [0.3, 0.4) is 0 Å². The van der Waals surface area contributed by atoms with Crippen molar-refractivity contribution in [1.29, 1.82) is 0 Å². The summed E-state index contributed by atoms with van der Waals surface area (Å²) in [6.07, 6.45) is 0.306. The zero-order chi connectivity index (χ0) is 12.3. The number of nitrogens with zero attached hydrogens (tertiary/aromatic N) is 2. The van der Waals surface area contributed by atoms with E-state index >= 15 is 0 Å². The van der Waals surface area contributed by atoms with Crippen LogP contribution < -0.4 is 10.5 Å². The molecule has 17 heavy (non-hydrogen) atoms. The fraction of sp³-hybridized carbons (Fsp3) is 0.333. The SMILES string of the molecule is COc1ccccc1C1=NN(CCN)C(=O)C1. The summed E-state index contributed by atoms with van der Waals surface area (Å²) in [7, 11) is 1.60. The molecule has 0 fully saturated rings. The van der Waals surface area contributed by atoms with Crippen LogP contribution in [0.5, 0.6) is 5.75 Å². The zero-order valence-electron chi connectivity index (χ0n) is 9.72. The second kappa shape index (κ2) is 4.97. The summed E-state index contributed by atoms with van der Waals surface area (Å²) in [5.41, 5.74) is 7.02. The third-order valence-corrected chi connectivity index (χ3v) is 2.61. The van der Waals surface area contributed by atoms with Crippen LogP contribution in [0.25, 0.3) is 0 Å². The van der Waals surface area contributed by atoms with Gasteiger partial charge in [-0.2, -0.15) is 5.10 Å². The van der Waals surface area contributed by atoms with Gasteiger partial charge in [-0.15, -0.1) is 0 Å². The molecule has 0 spiro atoms. The molecule has 0 atom stereocenters. The molecule has 0 aliphatic carbocycles. The van der Waals surface area contributed by atoms with E-state index in [0.717, 1.165) is 17.0 Å². The van der Waals surface area contributed by atoms with Crippen LogP contribution in [0.2, 0.25) is 0 Å². The van der Waals surface area contributed by atoms with E-state index < -0.39 is 0 Å². The van der Waals surface area contributed by atoms with Gasteiger partial charge in [0.2, 0.25) is 5.91 Å². The van der Waals surface area contributed by atoms with Gasteiger partial charge >= 0.3 is 0 Å². The Bertz CT molecular complexity index is 457. The van der Waals surface area contributed by atoms with Gasteiger partial charge in [-0.3, -0.25) is 4.79 Å². The first-order chi connectivity index (χ1) is 8.26. The zero-order valence-corrected chi connectivity index (χ0v) is 9.72. The number of para-hydroxylation sites is 1. The minimum atomic E-state index is -0.0173. The highest BCUT2D eigenvalue weighted by atomic mass is 16.5. The van der Waals surface area contributed by atoms with Crippen molar-refractivity contribution in [2.75, 3.05) is 20.2 Å². The number of hydrogen-bond acceptors (Lipinski definition) is 4. The first kappa shape index (κ1) is 11.6. The summed E-state index contributed by atoms with van der Waals surface area (Å²) in [6.45, 7) is 0.867. The van der Waals surface area contributed by atoms with Gasteiger partial charge in [-0.25, -0.2) is 5.01 Å². The predicted octanol–water partition coefficient (Wildman–Crippen LogP) is 0.590. The summed E-state index contributed by atoms with van der Waals surface area (Å²) in [4.78, 5) is 11.7. The molecular weight excluding hydrogens is 218 g/mol. The molecule has 1 aliphatic heterocycles. The number of benzene rings is 1. The Labute approximate surface area is 99.9 Å². The van der Waals surface area contributed by atoms with Crippen LogP contribution >= 0.6 is 0 Å². The molecule has 1 aromatic rings. The van der Waals surface area contributed by atoms with Crippen molar-refractivity contribution in [3.8, 4) is 5.75 Å². The molecule has 0 radical (unpaired) electrons. The molecule has 0 saturated carbocycles. The Morgan fingerprint density at radius 1 is 1.47 bits per heavy atom. The number of carbonyl (C=O) groups excluding carboxylic acids is 1. The average Bonchev–Trinajstić information content (AvgIpc) is 2.71. The molecule has 1 heterocycles. The van der Waals surface area contributed by atoms with E-state index in [4.69, 9.17) is 10.5 Å². The molecule has 5 nitrogen and oxygen atoms in total. The van der Waals surface area contributed by atoms with E-state index in [2.05, 4.69) is 5.10 Å². The highest BCUT2D eigenvalue weighted by Gasteiger charge is 2.25. The molecule has 5 heteroatoms. The van der Waals surface area contributed by atoms with Crippen molar-refractivity contribution >= 4 is 11.6 Å². The van der Waals surface area contributed by atoms with Crippen LogP contribution in [0, 0.1) is 0 Å². The van der Waals surface area contributed by atoms with E-state index in [9.17, 15) is 4.79 Å². The summed E-state index contributed by atoms with van der Waals surface area (Å²) < 4.78 is 5.25. The number of ether oxygens (including phenoxy) is 1. The number of hydrazone groups is 1. The number of rotatable bonds is 4. The van der Waals surface area contributed by atoms with Crippen molar-refractivity contribution in [1.82, 2.24) is 5.01 Å². The molecule has 0 unspecified atom stereocenters. The highest BCUT2D eigenvalue weighted by Crippen LogP contribution is 2.23. The summed E-state index contributed by atoms with van der Waals surface area (Å²) >= 11 is 0. The van der Waals surface area contributed by atoms with Gasteiger partial charge in [0.05, 0.1) is 25.8 Å². The number of carbonyl (C=O) groups is 1. The molecule has 1 aliphatic rings. The average molecular weight is 233 g/mol. The molecule has 0 aromatic heterocycles. The second-order valence-electron chi connectivity index (χ2n) is 3.73. The summed E-state index contributed by atoms with van der Waals surface area (Å²) in [5.74, 6) is 0.713. The van der Waals surface area contributed by atoms with Crippen molar-refractivity contribution < 1.29 is 9.53 Å². The van der Waals surface area contributed by atoms with E-state index in [1.807, 2.05) is 24.3 Å². The lowest BCUT2D eigenvalue weighted by molar-refractivity contribution is -0.128. The molecule has 2 rings (SSSR count). The largest absolute Gasteiger partial charge is 0.496 e. The smallest absolute Gasteiger partial charge is 0.248 e. The lowest BCUT2D eigenvalue weighted by atomic mass is 10.1. The Morgan fingerprint density at radius 2 is 2.24 bits per heavy atom. The van der Waals surface area contributed by atoms with Crippen molar-refractivity contribution in [3.05, 3.63) is 29.8 Å². The lowest BCUT2D eigenvalue weighted by Gasteiger charge is -2.08. The van der Waals surface area contributed by atoms with Gasteiger partial charge in [-0.1, -0.05) is 12.1 Å². The molecule has 0 bridgehead atoms. The first-order valence-electron chi connectivity index (χ1n) is 5.47. The highest BCUT2D eigenvalue weighted by molar-refractivity contribution is 6.14. The number of hydrogen-bond donors (Lipinski definition) is 1. The molecule has 0 saturated heterocycles. The molecule has 1 amide bonds. The predicted molar refractivity (Wildman–Crippen MR) is 64.9 cm³/mol.